The van der Waals surface area contributed by atoms with Crippen molar-refractivity contribution in [3.8, 4) is 0 Å². The van der Waals surface area contributed by atoms with Gasteiger partial charge in [0.25, 0.3) is 5.56 Å². The molecule has 0 aliphatic rings. The highest BCUT2D eigenvalue weighted by Crippen LogP contribution is 2.23. The van der Waals surface area contributed by atoms with Gasteiger partial charge in [0.05, 0.1) is 12.0 Å². The lowest BCUT2D eigenvalue weighted by molar-refractivity contribution is -0.116. The summed E-state index contributed by atoms with van der Waals surface area (Å²) in [6.45, 7) is -0.580. The highest BCUT2D eigenvalue weighted by atomic mass is 32.2. The minimum Gasteiger partial charge on any atom is -0.328 e. The van der Waals surface area contributed by atoms with Crippen molar-refractivity contribution in [1.29, 1.82) is 0 Å². The first-order valence-corrected chi connectivity index (χ1v) is 9.92. The molecule has 0 saturated heterocycles. The van der Waals surface area contributed by atoms with Gasteiger partial charge in [0.15, 0.2) is 11.2 Å². The predicted octanol–water partition coefficient (Wildman–Crippen LogP) is -0.677. The van der Waals surface area contributed by atoms with Crippen molar-refractivity contribution in [3.63, 3.8) is 0 Å². The first-order valence-electron chi connectivity index (χ1n) is 8.48. The third kappa shape index (κ3) is 3.47. The summed E-state index contributed by atoms with van der Waals surface area (Å²) >= 11 is 0. The van der Waals surface area contributed by atoms with Gasteiger partial charge >= 0.3 is 5.69 Å². The summed E-state index contributed by atoms with van der Waals surface area (Å²) in [4.78, 5) is 41.7. The van der Waals surface area contributed by atoms with E-state index in [1.165, 1.54) is 54.8 Å². The van der Waals surface area contributed by atoms with E-state index >= 15 is 0 Å². The van der Waals surface area contributed by atoms with Gasteiger partial charge in [-0.1, -0.05) is 12.1 Å². The van der Waals surface area contributed by atoms with E-state index in [1.54, 1.807) is 13.1 Å². The fourth-order valence-corrected chi connectivity index (χ4v) is 3.90. The minimum atomic E-state index is -3.80. The summed E-state index contributed by atoms with van der Waals surface area (Å²) in [7, 11) is 2.00. The molecule has 3 rings (SSSR count). The maximum Gasteiger partial charge on any atom is 0.332 e. The molecule has 1 aromatic carbocycles. The summed E-state index contributed by atoms with van der Waals surface area (Å²) in [6, 6.07) is 5.89. The van der Waals surface area contributed by atoms with Crippen molar-refractivity contribution in [2.45, 2.75) is 11.4 Å². The van der Waals surface area contributed by atoms with Crippen molar-refractivity contribution in [3.05, 3.63) is 51.4 Å². The number of amides is 1. The Balaban J connectivity index is 2.00. The molecular formula is C17H20N6O5S. The number of benzene rings is 1. The zero-order valence-corrected chi connectivity index (χ0v) is 17.1. The Labute approximate surface area is 165 Å². The van der Waals surface area contributed by atoms with Crippen molar-refractivity contribution >= 4 is 32.8 Å². The van der Waals surface area contributed by atoms with Crippen LogP contribution in [0.2, 0.25) is 0 Å². The SMILES string of the molecule is CN(C)S(=O)(=O)c1ccccc1NC(=O)Cn1c(=O)c2c(ncn2C)n(C)c1=O. The number of rotatable bonds is 5. The Bertz CT molecular complexity index is 1330. The normalized spacial score (nSPS) is 11.9. The topological polar surface area (TPSA) is 128 Å². The van der Waals surface area contributed by atoms with E-state index in [2.05, 4.69) is 10.3 Å². The Morgan fingerprint density at radius 3 is 2.48 bits per heavy atom. The number of aromatic nitrogens is 4. The van der Waals surface area contributed by atoms with Crippen molar-refractivity contribution in [2.75, 3.05) is 19.4 Å². The second kappa shape index (κ2) is 7.29. The number of para-hydroxylation sites is 1. The third-order valence-electron chi connectivity index (χ3n) is 4.42. The van der Waals surface area contributed by atoms with Gasteiger partial charge < -0.3 is 9.88 Å². The van der Waals surface area contributed by atoms with Crippen LogP contribution in [0.5, 0.6) is 0 Å². The zero-order valence-electron chi connectivity index (χ0n) is 16.3. The standard InChI is InChI=1S/C17H20N6O5S/c1-20(2)29(27,28)12-8-6-5-7-11(12)19-13(24)9-23-16(25)14-15(18-10-21(14)3)22(4)17(23)26/h5-8,10H,9H2,1-4H3,(H,19,24). The molecule has 0 spiro atoms. The Morgan fingerprint density at radius 1 is 1.17 bits per heavy atom. The number of hydrogen-bond donors (Lipinski definition) is 1. The van der Waals surface area contributed by atoms with Gasteiger partial charge in [-0.15, -0.1) is 0 Å². The molecule has 0 unspecified atom stereocenters. The number of nitrogens with one attached hydrogen (secondary N) is 1. The van der Waals surface area contributed by atoms with Crippen LogP contribution in [0.3, 0.4) is 0 Å². The second-order valence-electron chi connectivity index (χ2n) is 6.59. The van der Waals surface area contributed by atoms with E-state index in [1.807, 2.05) is 0 Å². The number of carbonyl (C=O) groups excluding carboxylic acids is 1. The summed E-state index contributed by atoms with van der Waals surface area (Å²) in [5, 5.41) is 2.48. The van der Waals surface area contributed by atoms with E-state index in [4.69, 9.17) is 0 Å². The summed E-state index contributed by atoms with van der Waals surface area (Å²) in [6.07, 6.45) is 1.40. The van der Waals surface area contributed by atoms with Gasteiger partial charge in [0, 0.05) is 28.2 Å². The molecule has 29 heavy (non-hydrogen) atoms. The largest absolute Gasteiger partial charge is 0.332 e. The number of fused-ring (bicyclic) bond motifs is 1. The average Bonchev–Trinajstić information content (AvgIpc) is 3.05. The van der Waals surface area contributed by atoms with Crippen LogP contribution in [-0.4, -0.2) is 51.4 Å². The van der Waals surface area contributed by atoms with E-state index < -0.39 is 33.7 Å². The zero-order chi connectivity index (χ0) is 21.5. The first-order chi connectivity index (χ1) is 13.6. The molecule has 0 saturated carbocycles. The van der Waals surface area contributed by atoms with Crippen LogP contribution >= 0.6 is 0 Å². The Hall–Kier alpha value is -3.25. The predicted molar refractivity (Wildman–Crippen MR) is 106 cm³/mol. The van der Waals surface area contributed by atoms with Gasteiger partial charge in [-0.2, -0.15) is 0 Å². The maximum atomic E-state index is 12.7. The monoisotopic (exact) mass is 420 g/mol. The van der Waals surface area contributed by atoms with Crippen molar-refractivity contribution in [1.82, 2.24) is 23.0 Å². The van der Waals surface area contributed by atoms with E-state index in [0.717, 1.165) is 8.87 Å². The van der Waals surface area contributed by atoms with Crippen LogP contribution in [-0.2, 0) is 35.5 Å². The molecule has 11 nitrogen and oxygen atoms in total. The maximum absolute atomic E-state index is 12.7. The number of sulfonamides is 1. The van der Waals surface area contributed by atoms with Gasteiger partial charge in [-0.25, -0.2) is 27.1 Å². The molecule has 12 heteroatoms. The van der Waals surface area contributed by atoms with Crippen LogP contribution in [0.15, 0.2) is 45.1 Å². The number of nitrogens with zero attached hydrogens (tertiary/aromatic N) is 5. The molecule has 1 N–H and O–H groups in total. The van der Waals surface area contributed by atoms with Crippen LogP contribution < -0.4 is 16.6 Å². The fraction of sp³-hybridized carbons (Fsp3) is 0.294. The highest BCUT2D eigenvalue weighted by Gasteiger charge is 2.23. The van der Waals surface area contributed by atoms with Crippen molar-refractivity contribution in [2.24, 2.45) is 14.1 Å². The van der Waals surface area contributed by atoms with Gasteiger partial charge in [0.1, 0.15) is 11.4 Å². The molecular weight excluding hydrogens is 400 g/mol. The molecule has 0 radical (unpaired) electrons. The molecule has 0 aliphatic carbocycles. The molecule has 0 aliphatic heterocycles. The Kier molecular flexibility index (Phi) is 5.15. The lowest BCUT2D eigenvalue weighted by atomic mass is 10.3. The fourth-order valence-electron chi connectivity index (χ4n) is 2.86. The Morgan fingerprint density at radius 2 is 1.83 bits per heavy atom. The average molecular weight is 420 g/mol. The molecule has 0 atom stereocenters. The summed E-state index contributed by atoms with van der Waals surface area (Å²) in [5.41, 5.74) is -0.923. The van der Waals surface area contributed by atoms with Crippen molar-refractivity contribution < 1.29 is 13.2 Å². The summed E-state index contributed by atoms with van der Waals surface area (Å²) in [5.74, 6) is -0.716. The van der Waals surface area contributed by atoms with Crippen LogP contribution in [0.1, 0.15) is 0 Å². The third-order valence-corrected chi connectivity index (χ3v) is 6.30. The molecule has 3 aromatic rings. The van der Waals surface area contributed by atoms with Crippen LogP contribution in [0.4, 0.5) is 5.69 Å². The van der Waals surface area contributed by atoms with E-state index in [9.17, 15) is 22.8 Å². The summed E-state index contributed by atoms with van der Waals surface area (Å²) < 4.78 is 29.4. The van der Waals surface area contributed by atoms with E-state index in [-0.39, 0.29) is 21.7 Å². The van der Waals surface area contributed by atoms with Crippen LogP contribution in [0.25, 0.3) is 11.2 Å². The minimum absolute atomic E-state index is 0.0534. The number of imidazole rings is 1. The number of anilines is 1. The number of carbonyl (C=O) groups is 1. The lowest BCUT2D eigenvalue weighted by Gasteiger charge is -2.16. The van der Waals surface area contributed by atoms with Gasteiger partial charge in [-0.05, 0) is 12.1 Å². The number of aryl methyl sites for hydroxylation is 2. The molecule has 0 fully saturated rings. The van der Waals surface area contributed by atoms with E-state index in [0.29, 0.717) is 0 Å². The smallest absolute Gasteiger partial charge is 0.328 e. The first kappa shape index (κ1) is 20.5. The lowest BCUT2D eigenvalue weighted by Crippen LogP contribution is -2.42. The molecule has 1 amide bonds. The molecule has 0 bridgehead atoms. The highest BCUT2D eigenvalue weighted by molar-refractivity contribution is 7.89. The second-order valence-corrected chi connectivity index (χ2v) is 8.71. The quantitative estimate of drug-likeness (QED) is 0.583. The molecule has 2 heterocycles. The van der Waals surface area contributed by atoms with Crippen LogP contribution in [0, 0.1) is 0 Å². The molecule has 2 aromatic heterocycles. The van der Waals surface area contributed by atoms with Gasteiger partial charge in [-0.3, -0.25) is 14.2 Å². The molecule has 154 valence electrons. The number of hydrogen-bond acceptors (Lipinski definition) is 6. The van der Waals surface area contributed by atoms with Gasteiger partial charge in [0.2, 0.25) is 15.9 Å².